The van der Waals surface area contributed by atoms with Gasteiger partial charge < -0.3 is 15.2 Å². The second-order valence-corrected chi connectivity index (χ2v) is 11.9. The molecule has 0 spiro atoms. The van der Waals surface area contributed by atoms with Crippen molar-refractivity contribution in [2.75, 3.05) is 0 Å². The van der Waals surface area contributed by atoms with Crippen molar-refractivity contribution in [3.8, 4) is 5.75 Å². The molecule has 4 rings (SSSR count). The topological polar surface area (TPSA) is 75.6 Å². The Morgan fingerprint density at radius 3 is 2.56 bits per heavy atom. The molecule has 1 aliphatic rings. The highest BCUT2D eigenvalue weighted by Crippen LogP contribution is 2.46. The van der Waals surface area contributed by atoms with Gasteiger partial charge in [-0.2, -0.15) is 13.2 Å². The van der Waals surface area contributed by atoms with Gasteiger partial charge in [-0.15, -0.1) is 11.3 Å². The van der Waals surface area contributed by atoms with E-state index in [1.807, 2.05) is 6.92 Å². The third-order valence-electron chi connectivity index (χ3n) is 7.26. The van der Waals surface area contributed by atoms with E-state index in [0.29, 0.717) is 33.5 Å². The number of amides is 1. The number of fused-ring (bicyclic) bond motifs is 1. The maximum absolute atomic E-state index is 13.6. The van der Waals surface area contributed by atoms with E-state index in [0.717, 1.165) is 41.9 Å². The maximum Gasteiger partial charge on any atom is 0.416 e. The highest BCUT2D eigenvalue weighted by molar-refractivity contribution is 7.21. The van der Waals surface area contributed by atoms with Gasteiger partial charge in [0.25, 0.3) is 5.91 Å². The zero-order valence-electron chi connectivity index (χ0n) is 21.5. The van der Waals surface area contributed by atoms with Crippen LogP contribution in [0.3, 0.4) is 0 Å². The predicted molar refractivity (Wildman–Crippen MR) is 146 cm³/mol. The number of carboxylic acids is 1. The first-order chi connectivity index (χ1) is 18.3. The van der Waals surface area contributed by atoms with E-state index in [1.54, 1.807) is 18.2 Å². The fourth-order valence-corrected chi connectivity index (χ4v) is 6.71. The summed E-state index contributed by atoms with van der Waals surface area (Å²) >= 11 is 7.27. The number of hydrogen-bond acceptors (Lipinski definition) is 4. The van der Waals surface area contributed by atoms with Crippen LogP contribution in [0.15, 0.2) is 54.6 Å². The van der Waals surface area contributed by atoms with Crippen molar-refractivity contribution >= 4 is 44.9 Å². The Kier molecular flexibility index (Phi) is 8.33. The molecule has 2 N–H and O–H groups in total. The van der Waals surface area contributed by atoms with Crippen molar-refractivity contribution in [2.24, 2.45) is 11.3 Å². The average molecular weight is 580 g/mol. The van der Waals surface area contributed by atoms with Gasteiger partial charge in [0.15, 0.2) is 5.75 Å². The number of rotatable bonds is 8. The minimum absolute atomic E-state index is 0.0923. The van der Waals surface area contributed by atoms with Crippen molar-refractivity contribution in [3.63, 3.8) is 0 Å². The quantitative estimate of drug-likeness (QED) is 0.264. The number of thiophene rings is 1. The third kappa shape index (κ3) is 6.41. The lowest BCUT2D eigenvalue weighted by Crippen LogP contribution is -2.53. The van der Waals surface area contributed by atoms with Crippen molar-refractivity contribution in [3.05, 3.63) is 75.6 Å². The first-order valence-electron chi connectivity index (χ1n) is 12.5. The summed E-state index contributed by atoms with van der Waals surface area (Å²) < 4.78 is 45.4. The molecule has 39 heavy (non-hydrogen) atoms. The Balaban J connectivity index is 1.63. The van der Waals surface area contributed by atoms with E-state index in [1.165, 1.54) is 12.1 Å². The number of halogens is 4. The van der Waals surface area contributed by atoms with Gasteiger partial charge in [-0.3, -0.25) is 4.79 Å². The van der Waals surface area contributed by atoms with Crippen LogP contribution in [0.1, 0.15) is 60.3 Å². The van der Waals surface area contributed by atoms with Crippen molar-refractivity contribution in [2.45, 2.75) is 58.4 Å². The van der Waals surface area contributed by atoms with E-state index >= 15 is 0 Å². The number of nitrogens with one attached hydrogen (secondary N) is 1. The number of benzene rings is 2. The minimum Gasteiger partial charge on any atom is -0.487 e. The average Bonchev–Trinajstić information content (AvgIpc) is 3.22. The van der Waals surface area contributed by atoms with E-state index in [4.69, 9.17) is 16.3 Å². The molecule has 0 radical (unpaired) electrons. The molecule has 5 nitrogen and oxygen atoms in total. The molecule has 2 unspecified atom stereocenters. The lowest BCUT2D eigenvalue weighted by atomic mass is 9.64. The summed E-state index contributed by atoms with van der Waals surface area (Å²) in [5.41, 5.74) is -0.0532. The zero-order chi connectivity index (χ0) is 28.5. The molecule has 1 aliphatic carbocycles. The summed E-state index contributed by atoms with van der Waals surface area (Å²) in [7, 11) is 0. The van der Waals surface area contributed by atoms with Crippen LogP contribution >= 0.6 is 22.9 Å². The number of ether oxygens (including phenoxy) is 1. The van der Waals surface area contributed by atoms with Crippen molar-refractivity contribution < 1.29 is 32.6 Å². The van der Waals surface area contributed by atoms with Crippen LogP contribution in [0.5, 0.6) is 5.75 Å². The number of allylic oxidation sites excluding steroid dienone is 1. The molecule has 1 fully saturated rings. The molecule has 3 aromatic rings. The molecule has 1 heterocycles. The van der Waals surface area contributed by atoms with E-state index in [9.17, 15) is 27.9 Å². The molecule has 1 amide bonds. The molecule has 0 aliphatic heterocycles. The maximum atomic E-state index is 13.6. The van der Waals surface area contributed by atoms with Gasteiger partial charge in [-0.25, -0.2) is 4.79 Å². The van der Waals surface area contributed by atoms with Crippen LogP contribution in [0.2, 0.25) is 5.02 Å². The van der Waals surface area contributed by atoms with Gasteiger partial charge >= 0.3 is 12.1 Å². The summed E-state index contributed by atoms with van der Waals surface area (Å²) in [5, 5.41) is 13.9. The molecule has 1 aromatic heterocycles. The van der Waals surface area contributed by atoms with Gasteiger partial charge in [0, 0.05) is 20.5 Å². The highest BCUT2D eigenvalue weighted by Gasteiger charge is 2.45. The minimum atomic E-state index is -4.45. The highest BCUT2D eigenvalue weighted by atomic mass is 35.5. The van der Waals surface area contributed by atoms with Crippen LogP contribution in [0.25, 0.3) is 10.1 Å². The first-order valence-corrected chi connectivity index (χ1v) is 13.7. The number of hydrogen-bond donors (Lipinski definition) is 2. The fourth-order valence-electron chi connectivity index (χ4n) is 5.38. The molecular formula is C29H29ClF3NO4S. The monoisotopic (exact) mass is 579 g/mol. The van der Waals surface area contributed by atoms with Gasteiger partial charge in [0.2, 0.25) is 0 Å². The largest absolute Gasteiger partial charge is 0.487 e. The van der Waals surface area contributed by atoms with Crippen LogP contribution in [0.4, 0.5) is 13.2 Å². The predicted octanol–water partition coefficient (Wildman–Crippen LogP) is 8.11. The molecule has 3 atom stereocenters. The third-order valence-corrected chi connectivity index (χ3v) is 8.63. The number of alkyl halides is 3. The van der Waals surface area contributed by atoms with Crippen LogP contribution < -0.4 is 10.1 Å². The van der Waals surface area contributed by atoms with Gasteiger partial charge in [-0.05, 0) is 61.1 Å². The Morgan fingerprint density at radius 1 is 1.26 bits per heavy atom. The molecule has 10 heteroatoms. The fraction of sp³-hybridized carbons (Fsp3) is 0.379. The van der Waals surface area contributed by atoms with E-state index in [2.05, 4.69) is 18.8 Å². The zero-order valence-corrected chi connectivity index (χ0v) is 23.1. The lowest BCUT2D eigenvalue weighted by molar-refractivity contribution is -0.143. The molecule has 0 bridgehead atoms. The van der Waals surface area contributed by atoms with Gasteiger partial charge in [0.1, 0.15) is 17.5 Å². The normalized spacial score (nSPS) is 20.6. The summed E-state index contributed by atoms with van der Waals surface area (Å²) in [6.45, 7) is 7.94. The molecular weight excluding hydrogens is 551 g/mol. The molecule has 2 aromatic carbocycles. The first kappa shape index (κ1) is 29.0. The number of carbonyl (C=O) groups is 2. The second kappa shape index (κ2) is 11.2. The standard InChI is InChI=1S/C29H29ClF3NO4S/c1-4-17-11-16(2)13-28(3,14-17)25(27(36)37)34-26(35)24-23(21-10-9-20(30)12-22(21)39-24)38-15-18-5-7-19(8-6-18)29(31,32)33/h5-10,12,17,25H,2,4,11,13-15H2,1,3H3,(H,34,35)(H,36,37)/t17?,25-,28?/m1/s1. The van der Waals surface area contributed by atoms with E-state index < -0.39 is 35.1 Å². The molecule has 0 saturated heterocycles. The van der Waals surface area contributed by atoms with Crippen molar-refractivity contribution in [1.29, 1.82) is 0 Å². The van der Waals surface area contributed by atoms with E-state index in [-0.39, 0.29) is 23.2 Å². The Bertz CT molecular complexity index is 1400. The summed E-state index contributed by atoms with van der Waals surface area (Å²) in [6, 6.07) is 8.42. The second-order valence-electron chi connectivity index (χ2n) is 10.4. The molecule has 208 valence electrons. The summed E-state index contributed by atoms with van der Waals surface area (Å²) in [4.78, 5) is 26.2. The Labute approximate surface area is 233 Å². The number of aliphatic carboxylic acids is 1. The van der Waals surface area contributed by atoms with Crippen LogP contribution in [-0.4, -0.2) is 23.0 Å². The summed E-state index contributed by atoms with van der Waals surface area (Å²) in [6.07, 6.45) is -1.61. The van der Waals surface area contributed by atoms with Crippen LogP contribution in [0, 0.1) is 11.3 Å². The van der Waals surface area contributed by atoms with Gasteiger partial charge in [-0.1, -0.05) is 56.2 Å². The molecule has 1 saturated carbocycles. The Morgan fingerprint density at radius 2 is 1.95 bits per heavy atom. The number of carboxylic acid groups (broad SMARTS) is 1. The summed E-state index contributed by atoms with van der Waals surface area (Å²) in [5.74, 6) is -1.23. The van der Waals surface area contributed by atoms with Crippen LogP contribution in [-0.2, 0) is 17.6 Å². The van der Waals surface area contributed by atoms with Crippen molar-refractivity contribution in [1.82, 2.24) is 5.32 Å². The van der Waals surface area contributed by atoms with Gasteiger partial charge in [0.05, 0.1) is 5.56 Å². The number of carbonyl (C=O) groups excluding carboxylic acids is 1. The smallest absolute Gasteiger partial charge is 0.416 e. The SMILES string of the molecule is C=C1CC(CC)CC(C)([C@H](NC(=O)c2sc3cc(Cl)ccc3c2OCc2ccc(C(F)(F)F)cc2)C(=O)O)C1. The lowest BCUT2D eigenvalue weighted by Gasteiger charge is -2.43. The Hall–Kier alpha value is -3.04.